The van der Waals surface area contributed by atoms with Crippen LogP contribution in [-0.4, -0.2) is 34.2 Å². The first-order valence-corrected chi connectivity index (χ1v) is 15.1. The molecular weight excluding hydrogens is 586 g/mol. The van der Waals surface area contributed by atoms with Gasteiger partial charge in [-0.2, -0.15) is 5.10 Å². The SMILES string of the molecule is COc1ccc(N(CC(=O)N/N=C\c2ccc(OCc3cccc4ccccc34)cc2)S(=O)(=O)c2ccccc2)cc1Cl. The average molecular weight is 614 g/mol. The number of halogens is 1. The Morgan fingerprint density at radius 1 is 0.907 bits per heavy atom. The van der Waals surface area contributed by atoms with Crippen molar-refractivity contribution in [1.29, 1.82) is 0 Å². The molecule has 0 aliphatic carbocycles. The van der Waals surface area contributed by atoms with Crippen LogP contribution in [-0.2, 0) is 21.4 Å². The Kier molecular flexibility index (Phi) is 9.24. The van der Waals surface area contributed by atoms with Crippen LogP contribution >= 0.6 is 11.6 Å². The van der Waals surface area contributed by atoms with Gasteiger partial charge in [-0.15, -0.1) is 0 Å². The number of amides is 1. The number of anilines is 1. The molecule has 218 valence electrons. The van der Waals surface area contributed by atoms with E-state index in [1.54, 1.807) is 30.3 Å². The number of ether oxygens (including phenoxy) is 2. The molecule has 0 heterocycles. The van der Waals surface area contributed by atoms with Crippen molar-refractivity contribution in [3.63, 3.8) is 0 Å². The number of methoxy groups -OCH3 is 1. The molecule has 0 spiro atoms. The number of nitrogens with one attached hydrogen (secondary N) is 1. The number of rotatable bonds is 11. The zero-order chi connectivity index (χ0) is 30.2. The third-order valence-corrected chi connectivity index (χ3v) is 8.68. The molecule has 43 heavy (non-hydrogen) atoms. The fourth-order valence-corrected chi connectivity index (χ4v) is 6.11. The van der Waals surface area contributed by atoms with Gasteiger partial charge in [0, 0.05) is 0 Å². The third-order valence-electron chi connectivity index (χ3n) is 6.60. The molecule has 10 heteroatoms. The Bertz CT molecular complexity index is 1860. The fraction of sp³-hybridized carbons (Fsp3) is 0.0909. The minimum Gasteiger partial charge on any atom is -0.495 e. The van der Waals surface area contributed by atoms with Crippen molar-refractivity contribution in [1.82, 2.24) is 5.43 Å². The van der Waals surface area contributed by atoms with E-state index < -0.39 is 22.5 Å². The molecule has 0 saturated heterocycles. The molecule has 5 aromatic carbocycles. The minimum atomic E-state index is -4.10. The molecular formula is C33H28ClN3O5S. The van der Waals surface area contributed by atoms with Gasteiger partial charge in [0.15, 0.2) is 0 Å². The molecule has 1 N–H and O–H groups in total. The first-order valence-electron chi connectivity index (χ1n) is 13.3. The van der Waals surface area contributed by atoms with E-state index in [2.05, 4.69) is 28.7 Å². The van der Waals surface area contributed by atoms with Gasteiger partial charge >= 0.3 is 0 Å². The van der Waals surface area contributed by atoms with E-state index in [9.17, 15) is 13.2 Å². The number of benzene rings is 5. The molecule has 0 radical (unpaired) electrons. The number of hydrazone groups is 1. The summed E-state index contributed by atoms with van der Waals surface area (Å²) in [6.07, 6.45) is 1.46. The van der Waals surface area contributed by atoms with Crippen LogP contribution in [0.1, 0.15) is 11.1 Å². The smallest absolute Gasteiger partial charge is 0.264 e. The molecule has 5 aromatic rings. The van der Waals surface area contributed by atoms with Crippen LogP contribution in [0.2, 0.25) is 5.02 Å². The molecule has 0 fully saturated rings. The lowest BCUT2D eigenvalue weighted by Gasteiger charge is -2.24. The second kappa shape index (κ2) is 13.4. The van der Waals surface area contributed by atoms with E-state index in [0.717, 1.165) is 20.6 Å². The van der Waals surface area contributed by atoms with Crippen LogP contribution in [0, 0.1) is 0 Å². The number of nitrogens with zero attached hydrogens (tertiary/aromatic N) is 2. The molecule has 1 amide bonds. The van der Waals surface area contributed by atoms with E-state index in [1.807, 2.05) is 36.4 Å². The third kappa shape index (κ3) is 7.14. The van der Waals surface area contributed by atoms with E-state index in [4.69, 9.17) is 21.1 Å². The predicted octanol–water partition coefficient (Wildman–Crippen LogP) is 6.43. The highest BCUT2D eigenvalue weighted by Crippen LogP contribution is 2.32. The second-order valence-corrected chi connectivity index (χ2v) is 11.7. The molecule has 0 aromatic heterocycles. The zero-order valence-corrected chi connectivity index (χ0v) is 24.8. The van der Waals surface area contributed by atoms with Crippen molar-refractivity contribution >= 4 is 50.2 Å². The van der Waals surface area contributed by atoms with Gasteiger partial charge in [0.1, 0.15) is 24.7 Å². The Morgan fingerprint density at radius 2 is 1.63 bits per heavy atom. The lowest BCUT2D eigenvalue weighted by molar-refractivity contribution is -0.119. The van der Waals surface area contributed by atoms with E-state index >= 15 is 0 Å². The second-order valence-electron chi connectivity index (χ2n) is 9.43. The van der Waals surface area contributed by atoms with Gasteiger partial charge in [0.2, 0.25) is 0 Å². The summed E-state index contributed by atoms with van der Waals surface area (Å²) in [5.74, 6) is 0.424. The highest BCUT2D eigenvalue weighted by molar-refractivity contribution is 7.92. The van der Waals surface area contributed by atoms with E-state index in [1.165, 1.54) is 43.7 Å². The summed E-state index contributed by atoms with van der Waals surface area (Å²) < 4.78 is 39.1. The van der Waals surface area contributed by atoms with Gasteiger partial charge < -0.3 is 9.47 Å². The highest BCUT2D eigenvalue weighted by atomic mass is 35.5. The van der Waals surface area contributed by atoms with Crippen molar-refractivity contribution in [2.45, 2.75) is 11.5 Å². The standard InChI is InChI=1S/C33H28ClN3O5S/c1-41-32-19-16-27(20-31(32)34)37(43(39,40)29-11-3-2-4-12-29)22-33(38)36-35-21-24-14-17-28(18-15-24)42-23-26-10-7-9-25-8-5-6-13-30(25)26/h2-21H,22-23H2,1H3,(H,36,38)/b35-21-. The summed E-state index contributed by atoms with van der Waals surface area (Å²) in [4.78, 5) is 12.9. The number of hydrogen-bond donors (Lipinski definition) is 1. The van der Waals surface area contributed by atoms with Crippen LogP contribution in [0.15, 0.2) is 125 Å². The van der Waals surface area contributed by atoms with Crippen LogP contribution in [0.3, 0.4) is 0 Å². The largest absolute Gasteiger partial charge is 0.495 e. The highest BCUT2D eigenvalue weighted by Gasteiger charge is 2.27. The van der Waals surface area contributed by atoms with Crippen molar-refractivity contribution in [2.75, 3.05) is 18.0 Å². The molecule has 5 rings (SSSR count). The van der Waals surface area contributed by atoms with Crippen LogP contribution in [0.5, 0.6) is 11.5 Å². The first kappa shape index (κ1) is 29.6. The van der Waals surface area contributed by atoms with Gasteiger partial charge in [-0.25, -0.2) is 13.8 Å². The summed E-state index contributed by atoms with van der Waals surface area (Å²) >= 11 is 6.26. The lowest BCUT2D eigenvalue weighted by Crippen LogP contribution is -2.39. The summed E-state index contributed by atoms with van der Waals surface area (Å²) in [5.41, 5.74) is 4.41. The van der Waals surface area contributed by atoms with Crippen molar-refractivity contribution < 1.29 is 22.7 Å². The Balaban J connectivity index is 1.24. The Labute approximate surface area is 255 Å². The minimum absolute atomic E-state index is 0.0287. The zero-order valence-electron chi connectivity index (χ0n) is 23.2. The van der Waals surface area contributed by atoms with E-state index in [-0.39, 0.29) is 15.6 Å². The number of hydrogen-bond acceptors (Lipinski definition) is 6. The Morgan fingerprint density at radius 3 is 2.37 bits per heavy atom. The molecule has 8 nitrogen and oxygen atoms in total. The number of carbonyl (C=O) groups is 1. The maximum atomic E-state index is 13.5. The van der Waals surface area contributed by atoms with Gasteiger partial charge in [0.25, 0.3) is 15.9 Å². The number of fused-ring (bicyclic) bond motifs is 1. The lowest BCUT2D eigenvalue weighted by atomic mass is 10.1. The molecule has 0 unspecified atom stereocenters. The van der Waals surface area contributed by atoms with Gasteiger partial charge in [0.05, 0.1) is 28.9 Å². The molecule has 0 saturated carbocycles. The Hall–Kier alpha value is -4.86. The topological polar surface area (TPSA) is 97.3 Å². The number of carbonyl (C=O) groups excluding carboxylic acids is 1. The average Bonchev–Trinajstić information content (AvgIpc) is 3.03. The normalized spacial score (nSPS) is 11.4. The molecule has 0 bridgehead atoms. The molecule has 0 aliphatic rings. The summed E-state index contributed by atoms with van der Waals surface area (Å²) in [6.45, 7) is -0.106. The summed E-state index contributed by atoms with van der Waals surface area (Å²) in [5, 5.41) is 6.52. The van der Waals surface area contributed by atoms with Gasteiger partial charge in [-0.1, -0.05) is 72.3 Å². The first-order chi connectivity index (χ1) is 20.8. The monoisotopic (exact) mass is 613 g/mol. The van der Waals surface area contributed by atoms with Crippen molar-refractivity contribution in [2.24, 2.45) is 5.10 Å². The maximum absolute atomic E-state index is 13.5. The maximum Gasteiger partial charge on any atom is 0.264 e. The number of sulfonamides is 1. The van der Waals surface area contributed by atoms with Crippen LogP contribution < -0.4 is 19.2 Å². The van der Waals surface area contributed by atoms with Crippen LogP contribution in [0.25, 0.3) is 10.8 Å². The summed E-state index contributed by atoms with van der Waals surface area (Å²) in [7, 11) is -2.64. The van der Waals surface area contributed by atoms with E-state index in [0.29, 0.717) is 23.7 Å². The van der Waals surface area contributed by atoms with Crippen molar-refractivity contribution in [3.8, 4) is 11.5 Å². The quantitative estimate of drug-likeness (QED) is 0.137. The van der Waals surface area contributed by atoms with Gasteiger partial charge in [-0.3, -0.25) is 9.10 Å². The summed E-state index contributed by atoms with van der Waals surface area (Å²) in [6, 6.07) is 33.9. The molecule has 0 atom stereocenters. The van der Waals surface area contributed by atoms with Gasteiger partial charge in [-0.05, 0) is 76.5 Å². The molecule has 0 aliphatic heterocycles. The van der Waals surface area contributed by atoms with Crippen LogP contribution in [0.4, 0.5) is 5.69 Å². The van der Waals surface area contributed by atoms with Crippen molar-refractivity contribution in [3.05, 3.63) is 131 Å². The predicted molar refractivity (Wildman–Crippen MR) is 169 cm³/mol. The fourth-order valence-electron chi connectivity index (χ4n) is 4.42.